The molecular weight excluding hydrogens is 372 g/mol. The van der Waals surface area contributed by atoms with Crippen molar-refractivity contribution in [3.8, 4) is 0 Å². The number of para-hydroxylation sites is 1. The molecule has 1 aromatic carbocycles. The Labute approximate surface area is 167 Å². The third-order valence-electron chi connectivity index (χ3n) is 3.99. The SMILES string of the molecule is COC(=O)c1ccccc1NC(=O)c1cc(C(=O)NCc2ccccn2)ccn1. The number of carbonyl (C=O) groups is 3. The van der Waals surface area contributed by atoms with Crippen molar-refractivity contribution in [2.75, 3.05) is 12.4 Å². The quantitative estimate of drug-likeness (QED) is 0.626. The molecule has 0 spiro atoms. The van der Waals surface area contributed by atoms with E-state index in [0.29, 0.717) is 5.69 Å². The fourth-order valence-electron chi connectivity index (χ4n) is 2.54. The predicted molar refractivity (Wildman–Crippen MR) is 105 cm³/mol. The Hall–Kier alpha value is -4.07. The maximum absolute atomic E-state index is 12.6. The molecule has 3 aromatic rings. The van der Waals surface area contributed by atoms with Gasteiger partial charge >= 0.3 is 5.97 Å². The van der Waals surface area contributed by atoms with Gasteiger partial charge in [-0.25, -0.2) is 4.79 Å². The number of hydrogen-bond acceptors (Lipinski definition) is 6. The summed E-state index contributed by atoms with van der Waals surface area (Å²) in [5.74, 6) is -1.49. The molecule has 3 rings (SSSR count). The van der Waals surface area contributed by atoms with Gasteiger partial charge in [0.15, 0.2) is 0 Å². The molecule has 0 bridgehead atoms. The van der Waals surface area contributed by atoms with Crippen molar-refractivity contribution in [3.05, 3.63) is 89.5 Å². The molecule has 8 heteroatoms. The first-order valence-electron chi connectivity index (χ1n) is 8.71. The van der Waals surface area contributed by atoms with Crippen LogP contribution in [-0.4, -0.2) is 34.9 Å². The highest BCUT2D eigenvalue weighted by Gasteiger charge is 2.16. The lowest BCUT2D eigenvalue weighted by Gasteiger charge is -2.10. The molecule has 0 aliphatic carbocycles. The number of aromatic nitrogens is 2. The third-order valence-corrected chi connectivity index (χ3v) is 3.99. The minimum Gasteiger partial charge on any atom is -0.465 e. The molecule has 8 nitrogen and oxygen atoms in total. The van der Waals surface area contributed by atoms with Crippen LogP contribution in [0.3, 0.4) is 0 Å². The summed E-state index contributed by atoms with van der Waals surface area (Å²) in [6.45, 7) is 0.260. The Bertz CT molecular complexity index is 1040. The second kappa shape index (κ2) is 9.23. The van der Waals surface area contributed by atoms with Gasteiger partial charge in [-0.05, 0) is 36.4 Å². The number of nitrogens with one attached hydrogen (secondary N) is 2. The number of methoxy groups -OCH3 is 1. The van der Waals surface area contributed by atoms with Crippen LogP contribution in [0.5, 0.6) is 0 Å². The Kier molecular flexibility index (Phi) is 6.26. The smallest absolute Gasteiger partial charge is 0.339 e. The number of rotatable bonds is 6. The molecule has 0 radical (unpaired) electrons. The second-order valence-corrected chi connectivity index (χ2v) is 5.92. The van der Waals surface area contributed by atoms with E-state index in [9.17, 15) is 14.4 Å². The Morgan fingerprint density at radius 3 is 2.48 bits per heavy atom. The number of amides is 2. The van der Waals surface area contributed by atoms with Gasteiger partial charge in [-0.15, -0.1) is 0 Å². The maximum Gasteiger partial charge on any atom is 0.339 e. The number of benzene rings is 1. The van der Waals surface area contributed by atoms with Crippen LogP contribution in [0.1, 0.15) is 36.9 Å². The third kappa shape index (κ3) is 5.01. The van der Waals surface area contributed by atoms with Crippen LogP contribution in [0.25, 0.3) is 0 Å². The van der Waals surface area contributed by atoms with Crippen LogP contribution < -0.4 is 10.6 Å². The van der Waals surface area contributed by atoms with E-state index in [0.717, 1.165) is 0 Å². The average molecular weight is 390 g/mol. The van der Waals surface area contributed by atoms with Crippen molar-refractivity contribution in [1.29, 1.82) is 0 Å². The van der Waals surface area contributed by atoms with E-state index < -0.39 is 11.9 Å². The van der Waals surface area contributed by atoms with Crippen molar-refractivity contribution in [2.45, 2.75) is 6.54 Å². The monoisotopic (exact) mass is 390 g/mol. The van der Waals surface area contributed by atoms with Crippen LogP contribution in [0.15, 0.2) is 67.0 Å². The predicted octanol–water partition coefficient (Wildman–Crippen LogP) is 2.45. The summed E-state index contributed by atoms with van der Waals surface area (Å²) in [6.07, 6.45) is 3.01. The normalized spacial score (nSPS) is 10.1. The van der Waals surface area contributed by atoms with Gasteiger partial charge in [-0.3, -0.25) is 19.6 Å². The molecule has 29 heavy (non-hydrogen) atoms. The average Bonchev–Trinajstić information content (AvgIpc) is 2.78. The molecular formula is C21H18N4O4. The van der Waals surface area contributed by atoms with E-state index in [1.165, 1.54) is 31.5 Å². The second-order valence-electron chi connectivity index (χ2n) is 5.92. The molecule has 0 fully saturated rings. The summed E-state index contributed by atoms with van der Waals surface area (Å²) < 4.78 is 4.71. The molecule has 0 saturated heterocycles. The minimum absolute atomic E-state index is 0.0372. The van der Waals surface area contributed by atoms with Gasteiger partial charge in [0.05, 0.1) is 30.6 Å². The zero-order valence-corrected chi connectivity index (χ0v) is 15.6. The van der Waals surface area contributed by atoms with E-state index in [-0.39, 0.29) is 35.0 Å². The number of hydrogen-bond donors (Lipinski definition) is 2. The van der Waals surface area contributed by atoms with E-state index in [2.05, 4.69) is 20.6 Å². The highest BCUT2D eigenvalue weighted by atomic mass is 16.5. The van der Waals surface area contributed by atoms with E-state index >= 15 is 0 Å². The van der Waals surface area contributed by atoms with Crippen molar-refractivity contribution in [3.63, 3.8) is 0 Å². The number of carbonyl (C=O) groups excluding carboxylic acids is 3. The Balaban J connectivity index is 1.71. The lowest BCUT2D eigenvalue weighted by Crippen LogP contribution is -2.24. The number of esters is 1. The largest absolute Gasteiger partial charge is 0.465 e. The first-order chi connectivity index (χ1) is 14.1. The summed E-state index contributed by atoms with van der Waals surface area (Å²) in [6, 6.07) is 14.8. The fourth-order valence-corrected chi connectivity index (χ4v) is 2.54. The van der Waals surface area contributed by atoms with Gasteiger partial charge in [0, 0.05) is 18.0 Å². The highest BCUT2D eigenvalue weighted by molar-refractivity contribution is 6.08. The topological polar surface area (TPSA) is 110 Å². The fraction of sp³-hybridized carbons (Fsp3) is 0.0952. The van der Waals surface area contributed by atoms with Crippen LogP contribution in [0, 0.1) is 0 Å². The summed E-state index contributed by atoms with van der Waals surface area (Å²) in [5, 5.41) is 5.36. The Morgan fingerprint density at radius 1 is 0.931 bits per heavy atom. The summed E-state index contributed by atoms with van der Waals surface area (Å²) >= 11 is 0. The van der Waals surface area contributed by atoms with Crippen LogP contribution in [0.2, 0.25) is 0 Å². The molecule has 0 saturated carbocycles. The summed E-state index contributed by atoms with van der Waals surface area (Å²) in [7, 11) is 1.26. The van der Waals surface area contributed by atoms with E-state index in [1.54, 1.807) is 36.5 Å². The Morgan fingerprint density at radius 2 is 1.72 bits per heavy atom. The van der Waals surface area contributed by atoms with Gasteiger partial charge in [-0.1, -0.05) is 18.2 Å². The molecule has 0 aliphatic heterocycles. The van der Waals surface area contributed by atoms with Crippen molar-refractivity contribution in [2.24, 2.45) is 0 Å². The van der Waals surface area contributed by atoms with Gasteiger partial charge in [0.25, 0.3) is 11.8 Å². The van der Waals surface area contributed by atoms with Gasteiger partial charge in [-0.2, -0.15) is 0 Å². The zero-order chi connectivity index (χ0) is 20.6. The highest BCUT2D eigenvalue weighted by Crippen LogP contribution is 2.17. The van der Waals surface area contributed by atoms with Crippen LogP contribution in [0.4, 0.5) is 5.69 Å². The van der Waals surface area contributed by atoms with Crippen LogP contribution in [-0.2, 0) is 11.3 Å². The minimum atomic E-state index is -0.573. The number of nitrogens with zero attached hydrogens (tertiary/aromatic N) is 2. The first kappa shape index (κ1) is 19.7. The molecule has 146 valence electrons. The van der Waals surface area contributed by atoms with Gasteiger partial charge in [0.1, 0.15) is 5.69 Å². The van der Waals surface area contributed by atoms with Gasteiger partial charge in [0.2, 0.25) is 0 Å². The number of ether oxygens (including phenoxy) is 1. The van der Waals surface area contributed by atoms with E-state index in [1.807, 2.05) is 6.07 Å². The molecule has 2 aromatic heterocycles. The standard InChI is InChI=1S/C21H18N4O4/c1-29-21(28)16-7-2-3-8-17(16)25-20(27)18-12-14(9-11-23-18)19(26)24-13-15-6-4-5-10-22-15/h2-12H,13H2,1H3,(H,24,26)(H,25,27). The van der Waals surface area contributed by atoms with Crippen LogP contribution >= 0.6 is 0 Å². The lowest BCUT2D eigenvalue weighted by atomic mass is 10.1. The van der Waals surface area contributed by atoms with Crippen molar-refractivity contribution >= 4 is 23.5 Å². The van der Waals surface area contributed by atoms with Gasteiger partial charge < -0.3 is 15.4 Å². The molecule has 0 atom stereocenters. The number of pyridine rings is 2. The molecule has 2 amide bonds. The lowest BCUT2D eigenvalue weighted by molar-refractivity contribution is 0.0601. The number of anilines is 1. The summed E-state index contributed by atoms with van der Waals surface area (Å²) in [4.78, 5) is 44.9. The zero-order valence-electron chi connectivity index (χ0n) is 15.6. The maximum atomic E-state index is 12.6. The molecule has 2 N–H and O–H groups in total. The molecule has 0 unspecified atom stereocenters. The van der Waals surface area contributed by atoms with E-state index in [4.69, 9.17) is 4.74 Å². The molecule has 0 aliphatic rings. The van der Waals surface area contributed by atoms with Crippen molar-refractivity contribution < 1.29 is 19.1 Å². The first-order valence-corrected chi connectivity index (χ1v) is 8.71. The summed E-state index contributed by atoms with van der Waals surface area (Å²) in [5.41, 5.74) is 1.54. The molecule has 2 heterocycles. The van der Waals surface area contributed by atoms with Crippen molar-refractivity contribution in [1.82, 2.24) is 15.3 Å².